The lowest BCUT2D eigenvalue weighted by Gasteiger charge is -1.98. The molecule has 1 aromatic carbocycles. The van der Waals surface area contributed by atoms with Crippen LogP contribution in [0.1, 0.15) is 5.56 Å². The van der Waals surface area contributed by atoms with Gasteiger partial charge in [-0.1, -0.05) is 30.0 Å². The molecular formula is C17H13N3S2. The van der Waals surface area contributed by atoms with Crippen molar-refractivity contribution in [1.29, 1.82) is 0 Å². The lowest BCUT2D eigenvalue weighted by atomic mass is 10.2. The predicted octanol–water partition coefficient (Wildman–Crippen LogP) is 4.92. The molecule has 3 aromatic heterocycles. The average Bonchev–Trinajstić information content (AvgIpc) is 3.14. The number of thiazole rings is 1. The largest absolute Gasteiger partial charge is 0.240 e. The Morgan fingerprint density at radius 2 is 2.00 bits per heavy atom. The van der Waals surface area contributed by atoms with Gasteiger partial charge in [-0.3, -0.25) is 0 Å². The molecule has 4 aromatic rings. The van der Waals surface area contributed by atoms with Crippen LogP contribution in [0.4, 0.5) is 0 Å². The van der Waals surface area contributed by atoms with Crippen molar-refractivity contribution in [3.05, 3.63) is 65.8 Å². The molecule has 0 N–H and O–H groups in total. The molecule has 0 aliphatic rings. The van der Waals surface area contributed by atoms with Crippen LogP contribution in [0.3, 0.4) is 0 Å². The minimum absolute atomic E-state index is 0.990. The SMILES string of the molecule is Cc1ccn2ncc(-c3csc(Sc4ccccc4)n3)c2c1. The Morgan fingerprint density at radius 1 is 1.14 bits per heavy atom. The highest BCUT2D eigenvalue weighted by atomic mass is 32.2. The van der Waals surface area contributed by atoms with Gasteiger partial charge in [0.15, 0.2) is 4.34 Å². The molecule has 0 fully saturated rings. The summed E-state index contributed by atoms with van der Waals surface area (Å²) in [5.74, 6) is 0. The van der Waals surface area contributed by atoms with Crippen molar-refractivity contribution in [1.82, 2.24) is 14.6 Å². The highest BCUT2D eigenvalue weighted by molar-refractivity contribution is 8.01. The third-order valence-electron chi connectivity index (χ3n) is 3.38. The summed E-state index contributed by atoms with van der Waals surface area (Å²) < 4.78 is 2.94. The second-order valence-electron chi connectivity index (χ2n) is 5.01. The van der Waals surface area contributed by atoms with Crippen LogP contribution in [-0.2, 0) is 0 Å². The number of aryl methyl sites for hydroxylation is 1. The van der Waals surface area contributed by atoms with Crippen LogP contribution >= 0.6 is 23.1 Å². The maximum absolute atomic E-state index is 4.76. The maximum atomic E-state index is 4.76. The number of hydrogen-bond acceptors (Lipinski definition) is 4. The van der Waals surface area contributed by atoms with Crippen LogP contribution in [0.25, 0.3) is 16.8 Å². The summed E-state index contributed by atoms with van der Waals surface area (Å²) in [6.07, 6.45) is 3.88. The van der Waals surface area contributed by atoms with Gasteiger partial charge in [0.1, 0.15) is 0 Å². The first kappa shape index (κ1) is 13.5. The van der Waals surface area contributed by atoms with Crippen molar-refractivity contribution < 1.29 is 0 Å². The third-order valence-corrected chi connectivity index (χ3v) is 5.33. The van der Waals surface area contributed by atoms with Crippen molar-refractivity contribution in [3.8, 4) is 11.3 Å². The molecule has 0 radical (unpaired) electrons. The molecule has 0 aliphatic heterocycles. The molecule has 4 rings (SSSR count). The molecule has 0 aliphatic carbocycles. The van der Waals surface area contributed by atoms with E-state index in [2.05, 4.69) is 41.7 Å². The van der Waals surface area contributed by atoms with Crippen LogP contribution in [0.2, 0.25) is 0 Å². The fourth-order valence-electron chi connectivity index (χ4n) is 2.30. The Labute approximate surface area is 136 Å². The molecule has 5 heteroatoms. The second kappa shape index (κ2) is 5.59. The lowest BCUT2D eigenvalue weighted by molar-refractivity contribution is 0.958. The summed E-state index contributed by atoms with van der Waals surface area (Å²) in [5, 5.41) is 6.51. The van der Waals surface area contributed by atoms with Gasteiger partial charge in [-0.2, -0.15) is 5.10 Å². The van der Waals surface area contributed by atoms with Gasteiger partial charge in [0, 0.05) is 22.0 Å². The fraction of sp³-hybridized carbons (Fsp3) is 0.0588. The number of benzene rings is 1. The van der Waals surface area contributed by atoms with Crippen molar-refractivity contribution in [3.63, 3.8) is 0 Å². The van der Waals surface area contributed by atoms with Gasteiger partial charge in [0.25, 0.3) is 0 Å². The topological polar surface area (TPSA) is 30.2 Å². The number of pyridine rings is 1. The van der Waals surface area contributed by atoms with E-state index >= 15 is 0 Å². The highest BCUT2D eigenvalue weighted by Gasteiger charge is 2.11. The first-order valence-corrected chi connectivity index (χ1v) is 8.62. The van der Waals surface area contributed by atoms with Gasteiger partial charge < -0.3 is 0 Å². The first-order chi connectivity index (χ1) is 10.8. The third kappa shape index (κ3) is 2.53. The predicted molar refractivity (Wildman–Crippen MR) is 91.6 cm³/mol. The van der Waals surface area contributed by atoms with E-state index in [-0.39, 0.29) is 0 Å². The Morgan fingerprint density at radius 3 is 2.86 bits per heavy atom. The zero-order valence-electron chi connectivity index (χ0n) is 11.9. The Kier molecular flexibility index (Phi) is 3.44. The lowest BCUT2D eigenvalue weighted by Crippen LogP contribution is -1.86. The monoisotopic (exact) mass is 323 g/mol. The molecule has 0 atom stereocenters. The van der Waals surface area contributed by atoms with E-state index < -0.39 is 0 Å². The van der Waals surface area contributed by atoms with E-state index in [1.807, 2.05) is 35.1 Å². The summed E-state index contributed by atoms with van der Waals surface area (Å²) in [6.45, 7) is 2.09. The van der Waals surface area contributed by atoms with Crippen molar-refractivity contribution in [2.24, 2.45) is 0 Å². The minimum atomic E-state index is 0.990. The fourth-order valence-corrected chi connectivity index (χ4v) is 4.11. The van der Waals surface area contributed by atoms with Crippen LogP contribution < -0.4 is 0 Å². The van der Waals surface area contributed by atoms with E-state index in [1.165, 1.54) is 10.5 Å². The minimum Gasteiger partial charge on any atom is -0.240 e. The number of rotatable bonds is 3. The van der Waals surface area contributed by atoms with E-state index in [1.54, 1.807) is 23.1 Å². The Hall–Kier alpha value is -2.11. The average molecular weight is 323 g/mol. The molecule has 0 saturated carbocycles. The maximum Gasteiger partial charge on any atom is 0.155 e. The van der Waals surface area contributed by atoms with Crippen molar-refractivity contribution in [2.45, 2.75) is 16.2 Å². The highest BCUT2D eigenvalue weighted by Crippen LogP contribution is 2.34. The Bertz CT molecular complexity index is 925. The summed E-state index contributed by atoms with van der Waals surface area (Å²) in [4.78, 5) is 5.96. The molecule has 0 unspecified atom stereocenters. The summed E-state index contributed by atoms with van der Waals surface area (Å²) in [6, 6.07) is 14.5. The molecule has 0 spiro atoms. The van der Waals surface area contributed by atoms with Crippen LogP contribution in [-0.4, -0.2) is 14.6 Å². The van der Waals surface area contributed by atoms with E-state index in [0.717, 1.165) is 21.1 Å². The number of aromatic nitrogens is 3. The van der Waals surface area contributed by atoms with Gasteiger partial charge >= 0.3 is 0 Å². The summed E-state index contributed by atoms with van der Waals surface area (Å²) in [7, 11) is 0. The van der Waals surface area contributed by atoms with E-state index in [0.29, 0.717) is 0 Å². The van der Waals surface area contributed by atoms with Crippen molar-refractivity contribution in [2.75, 3.05) is 0 Å². The molecule has 0 amide bonds. The summed E-state index contributed by atoms with van der Waals surface area (Å²) in [5.41, 5.74) is 4.40. The van der Waals surface area contributed by atoms with Crippen LogP contribution in [0.15, 0.2) is 69.5 Å². The second-order valence-corrected chi connectivity index (χ2v) is 7.18. The van der Waals surface area contributed by atoms with E-state index in [9.17, 15) is 0 Å². The molecule has 3 nitrogen and oxygen atoms in total. The zero-order valence-corrected chi connectivity index (χ0v) is 13.6. The smallest absolute Gasteiger partial charge is 0.155 e. The van der Waals surface area contributed by atoms with Gasteiger partial charge in [-0.25, -0.2) is 9.50 Å². The Balaban J connectivity index is 1.69. The summed E-state index contributed by atoms with van der Waals surface area (Å²) >= 11 is 3.36. The number of nitrogens with zero attached hydrogens (tertiary/aromatic N) is 3. The number of fused-ring (bicyclic) bond motifs is 1. The standard InChI is InChI=1S/C17H13N3S2/c1-12-7-8-20-16(9-12)14(10-18-20)15-11-21-17(19-15)22-13-5-3-2-4-6-13/h2-11H,1H3. The quantitative estimate of drug-likeness (QED) is 0.536. The zero-order chi connectivity index (χ0) is 14.9. The molecule has 108 valence electrons. The molecule has 0 bridgehead atoms. The first-order valence-electron chi connectivity index (χ1n) is 6.92. The molecule has 0 saturated heterocycles. The van der Waals surface area contributed by atoms with Gasteiger partial charge in [0.2, 0.25) is 0 Å². The van der Waals surface area contributed by atoms with Gasteiger partial charge in [-0.05, 0) is 36.8 Å². The normalized spacial score (nSPS) is 11.1. The number of hydrogen-bond donors (Lipinski definition) is 0. The van der Waals surface area contributed by atoms with Gasteiger partial charge in [0.05, 0.1) is 17.4 Å². The van der Waals surface area contributed by atoms with Crippen molar-refractivity contribution >= 4 is 28.6 Å². The molecule has 3 heterocycles. The molecular weight excluding hydrogens is 310 g/mol. The van der Waals surface area contributed by atoms with Crippen LogP contribution in [0.5, 0.6) is 0 Å². The van der Waals surface area contributed by atoms with Gasteiger partial charge in [-0.15, -0.1) is 11.3 Å². The van der Waals surface area contributed by atoms with E-state index in [4.69, 9.17) is 4.98 Å². The molecule has 22 heavy (non-hydrogen) atoms. The van der Waals surface area contributed by atoms with Crippen LogP contribution in [0, 0.1) is 6.92 Å².